The molecule has 6 nitrogen and oxygen atoms in total. The summed E-state index contributed by atoms with van der Waals surface area (Å²) in [6.07, 6.45) is 10.5. The fraction of sp³-hybridized carbons (Fsp3) is 0.684. The van der Waals surface area contributed by atoms with Crippen LogP contribution in [0.25, 0.3) is 10.9 Å². The summed E-state index contributed by atoms with van der Waals surface area (Å²) < 4.78 is 9.12. The number of urea groups is 1. The van der Waals surface area contributed by atoms with Gasteiger partial charge >= 0.3 is 6.03 Å². The molecule has 245 valence electrons. The van der Waals surface area contributed by atoms with E-state index in [4.69, 9.17) is 4.43 Å². The molecule has 0 aliphatic heterocycles. The summed E-state index contributed by atoms with van der Waals surface area (Å²) >= 11 is 0. The Morgan fingerprint density at radius 3 is 2.58 bits per heavy atom. The zero-order valence-corrected chi connectivity index (χ0v) is 30.6. The smallest absolute Gasteiger partial charge is 0.319 e. The Kier molecular flexibility index (Phi) is 9.43. The standard InChI is InChI=1S/C38H57N4O2Si/c1-24(2)45(36(4,5)6)44-34-17-19-38(9)31-14-11-25(3)28(29(31)13-16-33(38)37(34,7)8)18-20-40-35(43)41-27-12-15-32-30(21-27)26(22-39)23-42(32)10/h12,15,21,23-24,29,31,33-34H,11,13-14,16-20H2,1-10H3,(H2,40,41,43)/t29-,31-,33-,34-,38+/m0/s1. The second kappa shape index (κ2) is 12.6. The van der Waals surface area contributed by atoms with Crippen molar-refractivity contribution in [2.24, 2.45) is 35.6 Å². The molecule has 0 unspecified atom stereocenters. The Bertz CT molecular complexity index is 1490. The molecule has 1 aromatic heterocycles. The lowest BCUT2D eigenvalue weighted by molar-refractivity contribution is -0.143. The van der Waals surface area contributed by atoms with Gasteiger partial charge in [-0.25, -0.2) is 4.79 Å². The third-order valence-corrected chi connectivity index (χ3v) is 15.0. The van der Waals surface area contributed by atoms with Crippen molar-refractivity contribution in [2.45, 2.75) is 124 Å². The maximum Gasteiger partial charge on any atom is 0.319 e. The second-order valence-electron chi connectivity index (χ2n) is 16.6. The van der Waals surface area contributed by atoms with Crippen molar-refractivity contribution in [2.75, 3.05) is 11.9 Å². The average molecular weight is 630 g/mol. The number of aryl methyl sites for hydroxylation is 1. The minimum Gasteiger partial charge on any atom is -0.412 e. The Morgan fingerprint density at radius 1 is 1.18 bits per heavy atom. The van der Waals surface area contributed by atoms with Gasteiger partial charge in [0.15, 0.2) is 0 Å². The lowest BCUT2D eigenvalue weighted by atomic mass is 9.43. The molecule has 3 aliphatic carbocycles. The number of fused-ring (bicyclic) bond motifs is 4. The van der Waals surface area contributed by atoms with Gasteiger partial charge in [0.25, 0.3) is 0 Å². The van der Waals surface area contributed by atoms with Crippen molar-refractivity contribution in [1.82, 2.24) is 9.88 Å². The van der Waals surface area contributed by atoms with Crippen LogP contribution in [0, 0.1) is 39.9 Å². The summed E-state index contributed by atoms with van der Waals surface area (Å²) in [4.78, 5) is 12.9. The van der Waals surface area contributed by atoms with E-state index in [2.05, 4.69) is 79.0 Å². The number of hydrogen-bond donors (Lipinski definition) is 2. The molecule has 1 aromatic carbocycles. The summed E-state index contributed by atoms with van der Waals surface area (Å²) in [6.45, 7) is 22.5. The summed E-state index contributed by atoms with van der Waals surface area (Å²) in [7, 11) is 0.979. The first-order chi connectivity index (χ1) is 21.1. The number of carbonyl (C=O) groups is 1. The lowest BCUT2D eigenvalue weighted by Gasteiger charge is -2.63. The normalized spacial score (nSPS) is 28.2. The molecule has 3 aliphatic rings. The predicted octanol–water partition coefficient (Wildman–Crippen LogP) is 9.73. The van der Waals surface area contributed by atoms with Crippen LogP contribution < -0.4 is 10.6 Å². The van der Waals surface area contributed by atoms with Crippen LogP contribution in [-0.4, -0.2) is 32.3 Å². The van der Waals surface area contributed by atoms with E-state index in [-0.39, 0.29) is 16.5 Å². The van der Waals surface area contributed by atoms with E-state index in [1.54, 1.807) is 11.1 Å². The van der Waals surface area contributed by atoms with Crippen LogP contribution in [0.1, 0.15) is 113 Å². The molecule has 2 N–H and O–H groups in total. The molecule has 2 fully saturated rings. The van der Waals surface area contributed by atoms with Gasteiger partial charge in [-0.1, -0.05) is 66.5 Å². The molecule has 0 spiro atoms. The number of hydrogen-bond acceptors (Lipinski definition) is 3. The van der Waals surface area contributed by atoms with Crippen LogP contribution in [0.4, 0.5) is 10.5 Å². The monoisotopic (exact) mass is 629 g/mol. The van der Waals surface area contributed by atoms with Gasteiger partial charge in [0.1, 0.15) is 6.07 Å². The summed E-state index contributed by atoms with van der Waals surface area (Å²) in [5, 5.41) is 16.7. The maximum absolute atomic E-state index is 12.9. The Morgan fingerprint density at radius 2 is 1.91 bits per heavy atom. The van der Waals surface area contributed by atoms with Crippen molar-refractivity contribution >= 4 is 31.7 Å². The van der Waals surface area contributed by atoms with Crippen LogP contribution in [0.5, 0.6) is 0 Å². The van der Waals surface area contributed by atoms with Crippen LogP contribution in [0.3, 0.4) is 0 Å². The number of allylic oxidation sites excluding steroid dienone is 1. The number of nitrogens with zero attached hydrogens (tertiary/aromatic N) is 2. The van der Waals surface area contributed by atoms with Crippen LogP contribution >= 0.6 is 0 Å². The number of amides is 2. The van der Waals surface area contributed by atoms with Crippen molar-refractivity contribution in [3.63, 3.8) is 0 Å². The predicted molar refractivity (Wildman–Crippen MR) is 187 cm³/mol. The lowest BCUT2D eigenvalue weighted by Crippen LogP contribution is -2.58. The van der Waals surface area contributed by atoms with Crippen molar-refractivity contribution in [3.05, 3.63) is 41.1 Å². The number of anilines is 1. The third-order valence-electron chi connectivity index (χ3n) is 12.0. The quantitative estimate of drug-likeness (QED) is 0.236. The van der Waals surface area contributed by atoms with Crippen LogP contribution in [-0.2, 0) is 11.5 Å². The topological polar surface area (TPSA) is 79.1 Å². The molecule has 1 radical (unpaired) electrons. The van der Waals surface area contributed by atoms with Crippen molar-refractivity contribution < 1.29 is 9.22 Å². The van der Waals surface area contributed by atoms with Crippen molar-refractivity contribution in [3.8, 4) is 6.07 Å². The summed E-state index contributed by atoms with van der Waals surface area (Å²) in [5.74, 6) is 1.99. The molecule has 0 bridgehead atoms. The van der Waals surface area contributed by atoms with Crippen LogP contribution in [0.15, 0.2) is 35.5 Å². The Hall–Kier alpha value is -2.56. The summed E-state index contributed by atoms with van der Waals surface area (Å²) in [6, 6.07) is 7.80. The van der Waals surface area contributed by atoms with Crippen molar-refractivity contribution in [1.29, 1.82) is 5.26 Å². The average Bonchev–Trinajstić information content (AvgIpc) is 3.27. The fourth-order valence-electron chi connectivity index (χ4n) is 10.00. The molecule has 2 aromatic rings. The molecule has 7 heteroatoms. The Labute approximate surface area is 274 Å². The largest absolute Gasteiger partial charge is 0.412 e. The van der Waals surface area contributed by atoms with E-state index in [0.717, 1.165) is 17.3 Å². The molecule has 1 heterocycles. The van der Waals surface area contributed by atoms with Gasteiger partial charge < -0.3 is 19.6 Å². The molecule has 45 heavy (non-hydrogen) atoms. The zero-order chi connectivity index (χ0) is 32.9. The highest BCUT2D eigenvalue weighted by atomic mass is 28.3. The number of rotatable bonds is 7. The van der Waals surface area contributed by atoms with E-state index in [9.17, 15) is 10.1 Å². The van der Waals surface area contributed by atoms with Gasteiger partial charge in [0.2, 0.25) is 9.04 Å². The van der Waals surface area contributed by atoms with Gasteiger partial charge in [0.05, 0.1) is 11.7 Å². The maximum atomic E-state index is 12.9. The van der Waals surface area contributed by atoms with Gasteiger partial charge in [-0.2, -0.15) is 5.26 Å². The highest BCUT2D eigenvalue weighted by Crippen LogP contribution is 2.65. The SMILES string of the molecule is CC1=C(CCNC(=O)Nc2ccc3c(c2)c(C#N)cn3C)[C@@H]2CC[C@H]3C(C)(C)[C@@H](O[Si](C(C)C)C(C)(C)C)CC[C@]3(C)[C@H]2CC1. The Balaban J connectivity index is 1.23. The summed E-state index contributed by atoms with van der Waals surface area (Å²) in [5.41, 5.74) is 6.54. The first kappa shape index (κ1) is 33.8. The number of benzene rings is 1. The number of nitrogens with one attached hydrogen (secondary N) is 2. The van der Waals surface area contributed by atoms with Gasteiger partial charge in [-0.05, 0) is 109 Å². The van der Waals surface area contributed by atoms with Gasteiger partial charge in [-0.3, -0.25) is 0 Å². The van der Waals surface area contributed by atoms with Gasteiger partial charge in [0, 0.05) is 36.4 Å². The van der Waals surface area contributed by atoms with E-state index in [0.29, 0.717) is 52.6 Å². The van der Waals surface area contributed by atoms with Crippen LogP contribution in [0.2, 0.25) is 10.6 Å². The molecule has 5 atom stereocenters. The minimum atomic E-state index is -0.952. The molecule has 5 rings (SSSR count). The molecule has 2 amide bonds. The third kappa shape index (κ3) is 6.39. The molecule has 2 saturated carbocycles. The molecular formula is C38H57N4O2Si. The number of nitriles is 1. The second-order valence-corrected chi connectivity index (χ2v) is 20.2. The van der Waals surface area contributed by atoms with E-state index in [1.165, 1.54) is 38.5 Å². The first-order valence-electron chi connectivity index (χ1n) is 17.3. The highest BCUT2D eigenvalue weighted by Gasteiger charge is 2.59. The van der Waals surface area contributed by atoms with Gasteiger partial charge in [-0.15, -0.1) is 0 Å². The minimum absolute atomic E-state index is 0.167. The van der Waals surface area contributed by atoms with E-state index in [1.807, 2.05) is 36.0 Å². The number of aromatic nitrogens is 1. The molecule has 0 saturated heterocycles. The fourth-order valence-corrected chi connectivity index (χ4v) is 13.1. The first-order valence-corrected chi connectivity index (χ1v) is 18.8. The van der Waals surface area contributed by atoms with E-state index >= 15 is 0 Å². The molecular weight excluding hydrogens is 573 g/mol. The van der Waals surface area contributed by atoms with E-state index < -0.39 is 9.04 Å². The zero-order valence-electron chi connectivity index (χ0n) is 29.6. The number of carbonyl (C=O) groups excluding carboxylic acids is 1. The highest BCUT2D eigenvalue weighted by molar-refractivity contribution is 6.56.